The molecule has 1 aromatic rings. The summed E-state index contributed by atoms with van der Waals surface area (Å²) in [7, 11) is 0. The minimum atomic E-state index is -2.32. The summed E-state index contributed by atoms with van der Waals surface area (Å²) in [4.78, 5) is 45.7. The highest BCUT2D eigenvalue weighted by Crippen LogP contribution is 2.42. The molecule has 24 heavy (non-hydrogen) atoms. The van der Waals surface area contributed by atoms with Gasteiger partial charge in [0, 0.05) is 18.7 Å². The Morgan fingerprint density at radius 3 is 2.83 bits per heavy atom. The van der Waals surface area contributed by atoms with Crippen LogP contribution in [0.1, 0.15) is 32.9 Å². The first kappa shape index (κ1) is 18.3. The van der Waals surface area contributed by atoms with Gasteiger partial charge in [0.2, 0.25) is 0 Å². The van der Waals surface area contributed by atoms with E-state index in [1.807, 2.05) is 4.98 Å². The zero-order chi connectivity index (χ0) is 17.9. The monoisotopic (exact) mass is 346 g/mol. The fraction of sp³-hybridized carbons (Fsp3) is 0.643. The van der Waals surface area contributed by atoms with Crippen molar-refractivity contribution in [3.05, 3.63) is 33.1 Å². The Morgan fingerprint density at radius 2 is 2.25 bits per heavy atom. The van der Waals surface area contributed by atoms with E-state index < -0.39 is 47.9 Å². The molecule has 0 radical (unpaired) electrons. The molecule has 2 rings (SSSR count). The molecular formula is C14H19FN2O7. The van der Waals surface area contributed by atoms with E-state index in [-0.39, 0.29) is 6.42 Å². The van der Waals surface area contributed by atoms with Gasteiger partial charge in [0.25, 0.3) is 5.56 Å². The standard InChI is InChI=1S/C14H19FN2O7/c1-3-4-10(20)23-24-11-8(7-18)22-12(14(11,2)15)17-6-5-9(19)16-13(17)21/h5-6,8,11-12,18H,3-4,7H2,1-2H3,(H,16,19,21)/t8-,11+,12-,14-/m1/s1. The smallest absolute Gasteiger partial charge is 0.342 e. The number of nitrogens with zero attached hydrogens (tertiary/aromatic N) is 1. The van der Waals surface area contributed by atoms with E-state index >= 15 is 4.39 Å². The highest BCUT2D eigenvalue weighted by molar-refractivity contribution is 5.68. The first-order chi connectivity index (χ1) is 11.3. The van der Waals surface area contributed by atoms with Crippen molar-refractivity contribution >= 4 is 5.97 Å². The number of aliphatic hydroxyl groups is 1. The molecule has 134 valence electrons. The minimum absolute atomic E-state index is 0.0865. The SMILES string of the molecule is CCCC(=O)OO[C@H]1[C@@H](CO)O[C@@H](n2ccc(=O)[nH]c2=O)[C@]1(C)F. The van der Waals surface area contributed by atoms with E-state index in [4.69, 9.17) is 9.62 Å². The van der Waals surface area contributed by atoms with Crippen molar-refractivity contribution in [2.24, 2.45) is 0 Å². The lowest BCUT2D eigenvalue weighted by molar-refractivity contribution is -0.318. The van der Waals surface area contributed by atoms with Gasteiger partial charge in [-0.3, -0.25) is 19.2 Å². The van der Waals surface area contributed by atoms with Gasteiger partial charge in [-0.25, -0.2) is 14.0 Å². The van der Waals surface area contributed by atoms with Crippen LogP contribution in [0.25, 0.3) is 0 Å². The maximum absolute atomic E-state index is 15.2. The number of rotatable bonds is 6. The topological polar surface area (TPSA) is 120 Å². The third kappa shape index (κ3) is 3.55. The number of ether oxygens (including phenoxy) is 1. The molecule has 1 aromatic heterocycles. The zero-order valence-corrected chi connectivity index (χ0v) is 13.2. The summed E-state index contributed by atoms with van der Waals surface area (Å²) in [6.07, 6.45) is -2.42. The number of carbonyl (C=O) groups is 1. The van der Waals surface area contributed by atoms with Gasteiger partial charge < -0.3 is 9.84 Å². The second-order valence-electron chi connectivity index (χ2n) is 5.60. The van der Waals surface area contributed by atoms with Crippen molar-refractivity contribution in [1.29, 1.82) is 0 Å². The first-order valence-corrected chi connectivity index (χ1v) is 7.44. The van der Waals surface area contributed by atoms with Crippen molar-refractivity contribution < 1.29 is 28.8 Å². The number of alkyl halides is 1. The van der Waals surface area contributed by atoms with Crippen molar-refractivity contribution in [2.75, 3.05) is 6.61 Å². The predicted octanol–water partition coefficient (Wildman–Crippen LogP) is -0.202. The van der Waals surface area contributed by atoms with Crippen molar-refractivity contribution in [2.45, 2.75) is 50.8 Å². The molecule has 0 unspecified atom stereocenters. The lowest BCUT2D eigenvalue weighted by Gasteiger charge is -2.26. The number of H-pyrrole nitrogens is 1. The predicted molar refractivity (Wildman–Crippen MR) is 77.7 cm³/mol. The molecule has 1 aliphatic rings. The number of aromatic nitrogens is 2. The summed E-state index contributed by atoms with van der Waals surface area (Å²) in [6.45, 7) is 2.22. The second-order valence-corrected chi connectivity index (χ2v) is 5.60. The van der Waals surface area contributed by atoms with Crippen molar-refractivity contribution in [3.63, 3.8) is 0 Å². The van der Waals surface area contributed by atoms with Gasteiger partial charge in [-0.05, 0) is 13.3 Å². The van der Waals surface area contributed by atoms with Crippen LogP contribution in [0.5, 0.6) is 0 Å². The second kappa shape index (κ2) is 7.24. The number of aliphatic hydroxyl groups excluding tert-OH is 1. The number of nitrogens with one attached hydrogen (secondary N) is 1. The van der Waals surface area contributed by atoms with Gasteiger partial charge in [-0.1, -0.05) is 6.92 Å². The molecule has 2 heterocycles. The Hall–Kier alpha value is -2.04. The van der Waals surface area contributed by atoms with Gasteiger partial charge in [0.15, 0.2) is 18.0 Å². The fourth-order valence-electron chi connectivity index (χ4n) is 2.47. The molecule has 10 heteroatoms. The van der Waals surface area contributed by atoms with E-state index in [1.165, 1.54) is 0 Å². The van der Waals surface area contributed by atoms with Crippen LogP contribution in [0, 0.1) is 0 Å². The Kier molecular flexibility index (Phi) is 5.52. The molecule has 0 spiro atoms. The highest BCUT2D eigenvalue weighted by Gasteiger charge is 2.58. The van der Waals surface area contributed by atoms with Gasteiger partial charge in [-0.2, -0.15) is 4.89 Å². The molecule has 0 bridgehead atoms. The van der Waals surface area contributed by atoms with Gasteiger partial charge in [0.05, 0.1) is 6.61 Å². The van der Waals surface area contributed by atoms with Crippen LogP contribution in [-0.2, 0) is 19.3 Å². The molecule has 1 saturated heterocycles. The maximum Gasteiger partial charge on any atom is 0.342 e. The van der Waals surface area contributed by atoms with Gasteiger partial charge in [0.1, 0.15) is 6.10 Å². The third-order valence-electron chi connectivity index (χ3n) is 3.66. The lowest BCUT2D eigenvalue weighted by Crippen LogP contribution is -2.45. The molecule has 2 N–H and O–H groups in total. The van der Waals surface area contributed by atoms with E-state index in [9.17, 15) is 19.5 Å². The highest BCUT2D eigenvalue weighted by atomic mass is 19.1. The van der Waals surface area contributed by atoms with E-state index in [2.05, 4.69) is 4.89 Å². The van der Waals surface area contributed by atoms with Crippen LogP contribution in [0.3, 0.4) is 0 Å². The number of aromatic amines is 1. The number of hydrogen-bond donors (Lipinski definition) is 2. The molecular weight excluding hydrogens is 327 g/mol. The quantitative estimate of drug-likeness (QED) is 0.540. The summed E-state index contributed by atoms with van der Waals surface area (Å²) < 4.78 is 21.3. The zero-order valence-electron chi connectivity index (χ0n) is 13.2. The van der Waals surface area contributed by atoms with Crippen LogP contribution in [0.4, 0.5) is 4.39 Å². The lowest BCUT2D eigenvalue weighted by atomic mass is 9.98. The first-order valence-electron chi connectivity index (χ1n) is 7.44. The number of halogens is 1. The van der Waals surface area contributed by atoms with Crippen LogP contribution < -0.4 is 11.2 Å². The summed E-state index contributed by atoms with van der Waals surface area (Å²) in [5.41, 5.74) is -3.84. The molecule has 0 saturated carbocycles. The molecule has 4 atom stereocenters. The molecule has 0 amide bonds. The van der Waals surface area contributed by atoms with E-state index in [0.29, 0.717) is 6.42 Å². The Bertz CT molecular complexity index is 699. The minimum Gasteiger partial charge on any atom is -0.394 e. The van der Waals surface area contributed by atoms with Crippen molar-refractivity contribution in [3.8, 4) is 0 Å². The summed E-state index contributed by atoms with van der Waals surface area (Å²) >= 11 is 0. The Balaban J connectivity index is 2.25. The summed E-state index contributed by atoms with van der Waals surface area (Å²) in [5.74, 6) is -0.686. The summed E-state index contributed by atoms with van der Waals surface area (Å²) in [5, 5.41) is 9.36. The molecule has 0 aliphatic carbocycles. The average molecular weight is 346 g/mol. The van der Waals surface area contributed by atoms with Crippen LogP contribution in [0.15, 0.2) is 21.9 Å². The van der Waals surface area contributed by atoms with Crippen molar-refractivity contribution in [1.82, 2.24) is 9.55 Å². The van der Waals surface area contributed by atoms with E-state index in [1.54, 1.807) is 6.92 Å². The normalized spacial score (nSPS) is 29.6. The molecule has 9 nitrogen and oxygen atoms in total. The third-order valence-corrected chi connectivity index (χ3v) is 3.66. The Labute approximate surface area is 135 Å². The maximum atomic E-state index is 15.2. The van der Waals surface area contributed by atoms with Crippen LogP contribution in [0.2, 0.25) is 0 Å². The molecule has 0 aromatic carbocycles. The largest absolute Gasteiger partial charge is 0.394 e. The fourth-order valence-corrected chi connectivity index (χ4v) is 2.47. The van der Waals surface area contributed by atoms with Gasteiger partial charge in [-0.15, -0.1) is 0 Å². The summed E-state index contributed by atoms with van der Waals surface area (Å²) in [6, 6.07) is 1.03. The van der Waals surface area contributed by atoms with Gasteiger partial charge >= 0.3 is 11.7 Å². The van der Waals surface area contributed by atoms with E-state index in [0.717, 1.165) is 23.8 Å². The van der Waals surface area contributed by atoms with Crippen LogP contribution in [-0.4, -0.2) is 45.1 Å². The number of hydrogen-bond acceptors (Lipinski definition) is 7. The molecule has 1 aliphatic heterocycles. The average Bonchev–Trinajstić information content (AvgIpc) is 2.76. The number of carbonyl (C=O) groups excluding carboxylic acids is 1. The molecule has 1 fully saturated rings. The van der Waals surface area contributed by atoms with Crippen LogP contribution >= 0.6 is 0 Å². The Morgan fingerprint density at radius 1 is 1.54 bits per heavy atom.